The maximum atomic E-state index is 8.74. The number of rotatable bonds is 2. The van der Waals surface area contributed by atoms with E-state index >= 15 is 0 Å². The lowest BCUT2D eigenvalue weighted by atomic mass is 10.1. The molecule has 0 fully saturated rings. The van der Waals surface area contributed by atoms with Gasteiger partial charge >= 0.3 is 0 Å². The van der Waals surface area contributed by atoms with Crippen molar-refractivity contribution in [2.24, 2.45) is 0 Å². The minimum absolute atomic E-state index is 0.398. The molecule has 18 heavy (non-hydrogen) atoms. The monoisotopic (exact) mass is 234 g/mol. The van der Waals surface area contributed by atoms with E-state index < -0.39 is 0 Å². The van der Waals surface area contributed by atoms with Gasteiger partial charge in [0.1, 0.15) is 5.52 Å². The third kappa shape index (κ3) is 1.74. The first-order valence-electron chi connectivity index (χ1n) is 5.69. The molecule has 0 radical (unpaired) electrons. The summed E-state index contributed by atoms with van der Waals surface area (Å²) < 4.78 is 5.40. The number of hydrogen-bond acceptors (Lipinski definition) is 3. The van der Waals surface area contributed by atoms with Crippen LogP contribution in [0.15, 0.2) is 53.1 Å². The molecule has 86 valence electrons. The Hall–Kier alpha value is -2.60. The van der Waals surface area contributed by atoms with Crippen molar-refractivity contribution in [1.82, 2.24) is 5.16 Å². The molecule has 0 saturated carbocycles. The van der Waals surface area contributed by atoms with Gasteiger partial charge in [0.15, 0.2) is 5.76 Å². The predicted octanol–water partition coefficient (Wildman–Crippen LogP) is 3.56. The third-order valence-electron chi connectivity index (χ3n) is 2.86. The second-order valence-electron chi connectivity index (χ2n) is 4.06. The number of benzene rings is 2. The van der Waals surface area contributed by atoms with Gasteiger partial charge in [-0.15, -0.1) is 0 Å². The average molecular weight is 234 g/mol. The molecule has 0 bridgehead atoms. The van der Waals surface area contributed by atoms with E-state index in [1.54, 1.807) is 0 Å². The Morgan fingerprint density at radius 2 is 1.94 bits per heavy atom. The molecule has 0 aliphatic rings. The van der Waals surface area contributed by atoms with Crippen LogP contribution in [0.4, 0.5) is 0 Å². The molecule has 0 saturated heterocycles. The van der Waals surface area contributed by atoms with Crippen LogP contribution < -0.4 is 0 Å². The van der Waals surface area contributed by atoms with Crippen molar-refractivity contribution in [3.8, 4) is 17.4 Å². The van der Waals surface area contributed by atoms with Crippen LogP contribution in [-0.2, 0) is 6.42 Å². The summed E-state index contributed by atoms with van der Waals surface area (Å²) in [6.07, 6.45) is 0.398. The zero-order valence-corrected chi connectivity index (χ0v) is 9.63. The molecule has 0 aliphatic heterocycles. The van der Waals surface area contributed by atoms with Gasteiger partial charge in [0.05, 0.1) is 17.9 Å². The van der Waals surface area contributed by atoms with Crippen LogP contribution in [0.5, 0.6) is 0 Å². The molecule has 0 aliphatic carbocycles. The first kappa shape index (κ1) is 10.5. The molecule has 1 aromatic heterocycles. The van der Waals surface area contributed by atoms with Crippen molar-refractivity contribution < 1.29 is 4.52 Å². The van der Waals surface area contributed by atoms with Crippen LogP contribution in [0, 0.1) is 11.3 Å². The Morgan fingerprint density at radius 1 is 1.11 bits per heavy atom. The number of aromatic nitrogens is 1. The first-order valence-corrected chi connectivity index (χ1v) is 5.69. The lowest BCUT2D eigenvalue weighted by molar-refractivity contribution is 0.441. The lowest BCUT2D eigenvalue weighted by Gasteiger charge is -1.97. The van der Waals surface area contributed by atoms with Crippen LogP contribution in [0.1, 0.15) is 5.56 Å². The maximum absolute atomic E-state index is 8.74. The Balaban J connectivity index is 2.19. The topological polar surface area (TPSA) is 49.8 Å². The highest BCUT2D eigenvalue weighted by atomic mass is 16.5. The van der Waals surface area contributed by atoms with Crippen LogP contribution in [0.25, 0.3) is 22.2 Å². The zero-order valence-electron chi connectivity index (χ0n) is 9.63. The number of fused-ring (bicyclic) bond motifs is 1. The van der Waals surface area contributed by atoms with E-state index in [-0.39, 0.29) is 0 Å². The summed E-state index contributed by atoms with van der Waals surface area (Å²) in [6.45, 7) is 0. The molecule has 0 amide bonds. The van der Waals surface area contributed by atoms with Gasteiger partial charge in [0.2, 0.25) is 0 Å². The van der Waals surface area contributed by atoms with Crippen molar-refractivity contribution in [2.75, 3.05) is 0 Å². The van der Waals surface area contributed by atoms with Gasteiger partial charge in [-0.25, -0.2) is 0 Å². The van der Waals surface area contributed by atoms with E-state index in [9.17, 15) is 0 Å². The van der Waals surface area contributed by atoms with Gasteiger partial charge in [-0.2, -0.15) is 5.26 Å². The Kier molecular flexibility index (Phi) is 2.54. The van der Waals surface area contributed by atoms with Crippen molar-refractivity contribution in [2.45, 2.75) is 6.42 Å². The molecular formula is C15H10N2O. The summed E-state index contributed by atoms with van der Waals surface area (Å²) >= 11 is 0. The summed E-state index contributed by atoms with van der Waals surface area (Å²) in [5.74, 6) is 0.755. The molecule has 0 atom stereocenters. The minimum atomic E-state index is 0.398. The van der Waals surface area contributed by atoms with Gasteiger partial charge in [-0.1, -0.05) is 41.6 Å². The van der Waals surface area contributed by atoms with Crippen molar-refractivity contribution in [1.29, 1.82) is 5.26 Å². The van der Waals surface area contributed by atoms with Crippen LogP contribution in [0.2, 0.25) is 0 Å². The SMILES string of the molecule is N#CCc1ccc2noc(-c3ccccc3)c2c1. The summed E-state index contributed by atoms with van der Waals surface area (Å²) in [4.78, 5) is 0. The van der Waals surface area contributed by atoms with E-state index in [4.69, 9.17) is 9.78 Å². The van der Waals surface area contributed by atoms with Gasteiger partial charge in [0, 0.05) is 5.56 Å². The van der Waals surface area contributed by atoms with E-state index in [1.807, 2.05) is 48.5 Å². The fraction of sp³-hybridized carbons (Fsp3) is 0.0667. The molecule has 3 heteroatoms. The highest BCUT2D eigenvalue weighted by Gasteiger charge is 2.10. The summed E-state index contributed by atoms with van der Waals surface area (Å²) in [7, 11) is 0. The minimum Gasteiger partial charge on any atom is -0.355 e. The van der Waals surface area contributed by atoms with Crippen molar-refractivity contribution in [3.05, 3.63) is 54.1 Å². The summed E-state index contributed by atoms with van der Waals surface area (Å²) in [5, 5.41) is 13.7. The van der Waals surface area contributed by atoms with Crippen LogP contribution >= 0.6 is 0 Å². The Morgan fingerprint density at radius 3 is 2.72 bits per heavy atom. The number of nitrogens with zero attached hydrogens (tertiary/aromatic N) is 2. The highest BCUT2D eigenvalue weighted by molar-refractivity contribution is 5.91. The fourth-order valence-corrected chi connectivity index (χ4v) is 1.99. The standard InChI is InChI=1S/C15H10N2O/c16-9-8-11-6-7-14-13(10-11)15(18-17-14)12-4-2-1-3-5-12/h1-7,10H,8H2. The first-order chi connectivity index (χ1) is 8.88. The van der Waals surface area contributed by atoms with Gasteiger partial charge in [-0.05, 0) is 17.7 Å². The number of hydrogen-bond donors (Lipinski definition) is 0. The largest absolute Gasteiger partial charge is 0.355 e. The average Bonchev–Trinajstić information content (AvgIpc) is 2.83. The summed E-state index contributed by atoms with van der Waals surface area (Å²) in [5.41, 5.74) is 2.79. The van der Waals surface area contributed by atoms with E-state index in [1.165, 1.54) is 0 Å². The molecule has 0 spiro atoms. The third-order valence-corrected chi connectivity index (χ3v) is 2.86. The van der Waals surface area contributed by atoms with Crippen molar-refractivity contribution in [3.63, 3.8) is 0 Å². The van der Waals surface area contributed by atoms with E-state index in [0.29, 0.717) is 6.42 Å². The molecule has 2 aromatic carbocycles. The second-order valence-corrected chi connectivity index (χ2v) is 4.06. The van der Waals surface area contributed by atoms with Crippen LogP contribution in [0.3, 0.4) is 0 Å². The quantitative estimate of drug-likeness (QED) is 0.681. The molecule has 1 heterocycles. The number of nitriles is 1. The fourth-order valence-electron chi connectivity index (χ4n) is 1.99. The molecular weight excluding hydrogens is 224 g/mol. The van der Waals surface area contributed by atoms with E-state index in [0.717, 1.165) is 27.8 Å². The van der Waals surface area contributed by atoms with E-state index in [2.05, 4.69) is 11.2 Å². The molecule has 0 unspecified atom stereocenters. The molecule has 3 aromatic rings. The second kappa shape index (κ2) is 4.34. The predicted molar refractivity (Wildman–Crippen MR) is 68.8 cm³/mol. The van der Waals surface area contributed by atoms with Gasteiger partial charge in [0.25, 0.3) is 0 Å². The Bertz CT molecular complexity index is 723. The molecule has 3 nitrogen and oxygen atoms in total. The highest BCUT2D eigenvalue weighted by Crippen LogP contribution is 2.29. The Labute approximate surface area is 104 Å². The normalized spacial score (nSPS) is 10.4. The molecule has 3 rings (SSSR count). The smallest absolute Gasteiger partial charge is 0.174 e. The maximum Gasteiger partial charge on any atom is 0.174 e. The summed E-state index contributed by atoms with van der Waals surface area (Å²) in [6, 6.07) is 17.8. The lowest BCUT2D eigenvalue weighted by Crippen LogP contribution is -1.81. The van der Waals surface area contributed by atoms with Gasteiger partial charge in [-0.3, -0.25) is 0 Å². The van der Waals surface area contributed by atoms with Crippen LogP contribution in [-0.4, -0.2) is 5.16 Å². The molecule has 0 N–H and O–H groups in total. The van der Waals surface area contributed by atoms with Gasteiger partial charge < -0.3 is 4.52 Å². The van der Waals surface area contributed by atoms with Crippen molar-refractivity contribution >= 4 is 10.9 Å². The zero-order chi connectivity index (χ0) is 12.4.